The molecule has 0 bridgehead atoms. The summed E-state index contributed by atoms with van der Waals surface area (Å²) >= 11 is 3.38. The van der Waals surface area contributed by atoms with E-state index in [2.05, 4.69) is 26.2 Å². The number of halogens is 1. The van der Waals surface area contributed by atoms with Gasteiger partial charge in [-0.05, 0) is 30.7 Å². The van der Waals surface area contributed by atoms with E-state index in [9.17, 15) is 4.79 Å². The summed E-state index contributed by atoms with van der Waals surface area (Å²) in [5.41, 5.74) is 0.957. The lowest BCUT2D eigenvalue weighted by Crippen LogP contribution is -2.09. The molecule has 0 saturated heterocycles. The molecule has 100 valence electrons. The van der Waals surface area contributed by atoms with Gasteiger partial charge in [0, 0.05) is 4.47 Å². The molecule has 0 aliphatic rings. The van der Waals surface area contributed by atoms with E-state index in [1.807, 2.05) is 25.1 Å². The maximum atomic E-state index is 10.6. The predicted octanol–water partition coefficient (Wildman–Crippen LogP) is 2.13. The van der Waals surface area contributed by atoms with Crippen LogP contribution in [-0.4, -0.2) is 32.7 Å². The first kappa shape index (κ1) is 13.5. The molecule has 6 nitrogen and oxygen atoms in total. The summed E-state index contributed by atoms with van der Waals surface area (Å²) in [7, 11) is 0. The van der Waals surface area contributed by atoms with E-state index in [0.717, 1.165) is 15.8 Å². The van der Waals surface area contributed by atoms with E-state index in [1.54, 1.807) is 0 Å². The lowest BCUT2D eigenvalue weighted by molar-refractivity contribution is 0.0690. The Labute approximate surface area is 118 Å². The number of aromatic carboxylic acids is 1. The van der Waals surface area contributed by atoms with Gasteiger partial charge in [0.15, 0.2) is 5.69 Å². The third-order valence-corrected chi connectivity index (χ3v) is 2.97. The number of aryl methyl sites for hydroxylation is 1. The minimum absolute atomic E-state index is 0.0696. The van der Waals surface area contributed by atoms with Crippen LogP contribution in [0.15, 0.2) is 28.9 Å². The first-order valence-electron chi connectivity index (χ1n) is 5.58. The number of hydrogen-bond acceptors (Lipinski definition) is 4. The molecule has 0 unspecified atom stereocenters. The van der Waals surface area contributed by atoms with E-state index in [4.69, 9.17) is 9.84 Å². The first-order valence-corrected chi connectivity index (χ1v) is 6.38. The van der Waals surface area contributed by atoms with Crippen LogP contribution in [0.1, 0.15) is 16.1 Å². The van der Waals surface area contributed by atoms with E-state index in [1.165, 1.54) is 10.9 Å². The summed E-state index contributed by atoms with van der Waals surface area (Å²) in [4.78, 5) is 10.6. The molecule has 1 aromatic carbocycles. The number of carboxylic acids is 1. The number of aromatic nitrogens is 3. The quantitative estimate of drug-likeness (QED) is 0.911. The highest BCUT2D eigenvalue weighted by Gasteiger charge is 2.08. The first-order chi connectivity index (χ1) is 9.06. The second kappa shape index (κ2) is 5.83. The van der Waals surface area contributed by atoms with Crippen molar-refractivity contribution in [2.24, 2.45) is 0 Å². The second-order valence-corrected chi connectivity index (χ2v) is 4.85. The van der Waals surface area contributed by atoms with Gasteiger partial charge in [-0.2, -0.15) is 0 Å². The largest absolute Gasteiger partial charge is 0.491 e. The number of nitrogens with zero attached hydrogens (tertiary/aromatic N) is 3. The van der Waals surface area contributed by atoms with Gasteiger partial charge in [0.2, 0.25) is 0 Å². The number of carbonyl (C=O) groups is 1. The molecule has 0 fully saturated rings. The average molecular weight is 326 g/mol. The van der Waals surface area contributed by atoms with Crippen LogP contribution in [0.25, 0.3) is 0 Å². The molecule has 0 atom stereocenters. The van der Waals surface area contributed by atoms with Crippen molar-refractivity contribution < 1.29 is 14.6 Å². The summed E-state index contributed by atoms with van der Waals surface area (Å²) < 4.78 is 8.05. The highest BCUT2D eigenvalue weighted by atomic mass is 79.9. The molecular weight excluding hydrogens is 314 g/mol. The van der Waals surface area contributed by atoms with Gasteiger partial charge in [-0.25, -0.2) is 9.48 Å². The predicted molar refractivity (Wildman–Crippen MR) is 71.4 cm³/mol. The minimum Gasteiger partial charge on any atom is -0.491 e. The van der Waals surface area contributed by atoms with Crippen LogP contribution in [-0.2, 0) is 6.54 Å². The zero-order valence-electron chi connectivity index (χ0n) is 10.2. The maximum Gasteiger partial charge on any atom is 0.358 e. The normalized spacial score (nSPS) is 10.4. The molecule has 1 N–H and O–H groups in total. The molecule has 0 aliphatic heterocycles. The molecule has 2 aromatic rings. The SMILES string of the molecule is Cc1cc(Br)ccc1OCCn1cc(C(=O)O)nn1. The number of hydrogen-bond donors (Lipinski definition) is 1. The zero-order valence-corrected chi connectivity index (χ0v) is 11.8. The van der Waals surface area contributed by atoms with Crippen LogP contribution in [0.3, 0.4) is 0 Å². The van der Waals surface area contributed by atoms with Crippen LogP contribution < -0.4 is 4.74 Å². The van der Waals surface area contributed by atoms with Crippen LogP contribution in [0.2, 0.25) is 0 Å². The third-order valence-electron chi connectivity index (χ3n) is 2.47. The van der Waals surface area contributed by atoms with Gasteiger partial charge >= 0.3 is 5.97 Å². The molecule has 1 aromatic heterocycles. The summed E-state index contributed by atoms with van der Waals surface area (Å²) in [5, 5.41) is 15.9. The van der Waals surface area contributed by atoms with Crippen molar-refractivity contribution >= 4 is 21.9 Å². The molecule has 0 saturated carbocycles. The average Bonchev–Trinajstić information content (AvgIpc) is 2.81. The molecule has 0 amide bonds. The molecule has 0 aliphatic carbocycles. The van der Waals surface area contributed by atoms with Gasteiger partial charge in [0.25, 0.3) is 0 Å². The zero-order chi connectivity index (χ0) is 13.8. The van der Waals surface area contributed by atoms with Crippen molar-refractivity contribution in [1.29, 1.82) is 0 Å². The standard InChI is InChI=1S/C12H12BrN3O3/c1-8-6-9(13)2-3-11(8)19-5-4-16-7-10(12(17)18)14-15-16/h2-3,6-7H,4-5H2,1H3,(H,17,18). The van der Waals surface area contributed by atoms with Crippen molar-refractivity contribution in [2.45, 2.75) is 13.5 Å². The van der Waals surface area contributed by atoms with Crippen molar-refractivity contribution in [2.75, 3.05) is 6.61 Å². The third kappa shape index (κ3) is 3.54. The van der Waals surface area contributed by atoms with E-state index in [-0.39, 0.29) is 5.69 Å². The number of rotatable bonds is 5. The summed E-state index contributed by atoms with van der Waals surface area (Å²) in [6, 6.07) is 5.75. The van der Waals surface area contributed by atoms with Gasteiger partial charge in [-0.15, -0.1) is 5.10 Å². The van der Waals surface area contributed by atoms with Gasteiger partial charge in [-0.1, -0.05) is 21.1 Å². The fourth-order valence-electron chi connectivity index (χ4n) is 1.53. The number of benzene rings is 1. The summed E-state index contributed by atoms with van der Waals surface area (Å²) in [6.07, 6.45) is 1.38. The molecule has 19 heavy (non-hydrogen) atoms. The van der Waals surface area contributed by atoms with E-state index in [0.29, 0.717) is 13.2 Å². The smallest absolute Gasteiger partial charge is 0.358 e. The van der Waals surface area contributed by atoms with Gasteiger partial charge in [-0.3, -0.25) is 0 Å². The van der Waals surface area contributed by atoms with E-state index < -0.39 is 5.97 Å². The van der Waals surface area contributed by atoms with Gasteiger partial charge < -0.3 is 9.84 Å². The number of carboxylic acid groups (broad SMARTS) is 1. The molecule has 0 spiro atoms. The topological polar surface area (TPSA) is 77.2 Å². The maximum absolute atomic E-state index is 10.6. The summed E-state index contributed by atoms with van der Waals surface area (Å²) in [5.74, 6) is -0.294. The molecule has 2 rings (SSSR count). The van der Waals surface area contributed by atoms with E-state index >= 15 is 0 Å². The van der Waals surface area contributed by atoms with Crippen LogP contribution >= 0.6 is 15.9 Å². The monoisotopic (exact) mass is 325 g/mol. The van der Waals surface area contributed by atoms with Crippen LogP contribution in [0, 0.1) is 6.92 Å². The van der Waals surface area contributed by atoms with Crippen molar-refractivity contribution in [3.8, 4) is 5.75 Å². The molecule has 7 heteroatoms. The van der Waals surface area contributed by atoms with Crippen LogP contribution in [0.4, 0.5) is 0 Å². The van der Waals surface area contributed by atoms with Crippen molar-refractivity contribution in [3.63, 3.8) is 0 Å². The molecular formula is C12H12BrN3O3. The van der Waals surface area contributed by atoms with Gasteiger partial charge in [0.1, 0.15) is 12.4 Å². The Morgan fingerprint density at radius 3 is 2.95 bits per heavy atom. The Morgan fingerprint density at radius 1 is 1.53 bits per heavy atom. The highest BCUT2D eigenvalue weighted by Crippen LogP contribution is 2.21. The fourth-order valence-corrected chi connectivity index (χ4v) is 2.01. The Bertz CT molecular complexity index is 598. The van der Waals surface area contributed by atoms with Crippen molar-refractivity contribution in [1.82, 2.24) is 15.0 Å². The Hall–Kier alpha value is -1.89. The number of ether oxygens (including phenoxy) is 1. The summed E-state index contributed by atoms with van der Waals surface area (Å²) in [6.45, 7) is 2.79. The molecule has 0 radical (unpaired) electrons. The lowest BCUT2D eigenvalue weighted by atomic mass is 10.2. The molecule has 1 heterocycles. The second-order valence-electron chi connectivity index (χ2n) is 3.93. The van der Waals surface area contributed by atoms with Crippen molar-refractivity contribution in [3.05, 3.63) is 40.1 Å². The van der Waals surface area contributed by atoms with Gasteiger partial charge in [0.05, 0.1) is 12.7 Å². The fraction of sp³-hybridized carbons (Fsp3) is 0.250. The Kier molecular flexibility index (Phi) is 4.16. The van der Waals surface area contributed by atoms with Crippen LogP contribution in [0.5, 0.6) is 5.75 Å². The minimum atomic E-state index is -1.09. The Morgan fingerprint density at radius 2 is 2.32 bits per heavy atom. The lowest BCUT2D eigenvalue weighted by Gasteiger charge is -2.08. The Balaban J connectivity index is 1.90. The highest BCUT2D eigenvalue weighted by molar-refractivity contribution is 9.10.